The van der Waals surface area contributed by atoms with Gasteiger partial charge in [-0.1, -0.05) is 30.4 Å². The van der Waals surface area contributed by atoms with Gasteiger partial charge in [0.15, 0.2) is 5.76 Å². The fourth-order valence-electron chi connectivity index (χ4n) is 5.51. The van der Waals surface area contributed by atoms with Crippen LogP contribution in [0.1, 0.15) is 27.9 Å². The molecule has 0 N–H and O–H groups in total. The molecule has 6 aromatic rings. The fraction of sp³-hybridized carbons (Fsp3) is 0.273. The van der Waals surface area contributed by atoms with E-state index in [0.29, 0.717) is 35.0 Å². The van der Waals surface area contributed by atoms with Crippen LogP contribution in [-0.4, -0.2) is 75.1 Å². The molecule has 5 heterocycles. The van der Waals surface area contributed by atoms with E-state index in [1.165, 1.54) is 11.3 Å². The number of hydrogen-bond acceptors (Lipinski definition) is 9. The van der Waals surface area contributed by atoms with E-state index < -0.39 is 0 Å². The number of likely N-dealkylation sites (N-methyl/N-ethyl adjacent to an activating group) is 1. The second-order valence-corrected chi connectivity index (χ2v) is 11.9. The highest BCUT2D eigenvalue weighted by Gasteiger charge is 2.22. The van der Waals surface area contributed by atoms with E-state index in [4.69, 9.17) is 13.9 Å². The first-order chi connectivity index (χ1) is 21.5. The molecule has 1 amide bonds. The van der Waals surface area contributed by atoms with Gasteiger partial charge in [0.25, 0.3) is 5.91 Å². The smallest absolute Gasteiger partial charge is 0.255 e. The highest BCUT2D eigenvalue weighted by Crippen LogP contribution is 2.34. The summed E-state index contributed by atoms with van der Waals surface area (Å²) in [5, 5.41) is 6.34. The summed E-state index contributed by atoms with van der Waals surface area (Å²) in [5.74, 6) is 2.07. The monoisotopic (exact) mass is 608 g/mol. The van der Waals surface area contributed by atoms with Crippen LogP contribution >= 0.6 is 11.3 Å². The number of carbonyl (C=O) groups excluding carboxylic acids is 1. The van der Waals surface area contributed by atoms with Gasteiger partial charge in [0, 0.05) is 55.0 Å². The zero-order valence-electron chi connectivity index (χ0n) is 24.8. The molecule has 1 aliphatic rings. The van der Waals surface area contributed by atoms with Gasteiger partial charge in [-0.2, -0.15) is 5.10 Å². The second kappa shape index (κ2) is 11.7. The average molecular weight is 609 g/mol. The van der Waals surface area contributed by atoms with Crippen LogP contribution in [0, 0.1) is 6.92 Å². The van der Waals surface area contributed by atoms with Gasteiger partial charge in [0.05, 0.1) is 24.6 Å². The molecule has 0 unspecified atom stereocenters. The van der Waals surface area contributed by atoms with Gasteiger partial charge in [-0.3, -0.25) is 9.78 Å². The van der Waals surface area contributed by atoms with Crippen molar-refractivity contribution in [3.05, 3.63) is 83.1 Å². The fourth-order valence-corrected chi connectivity index (χ4v) is 6.24. The molecule has 0 aliphatic carbocycles. The van der Waals surface area contributed by atoms with E-state index in [1.807, 2.05) is 72.6 Å². The van der Waals surface area contributed by atoms with Crippen molar-refractivity contribution in [3.8, 4) is 34.2 Å². The number of piperazine rings is 1. The van der Waals surface area contributed by atoms with Crippen molar-refractivity contribution in [1.82, 2.24) is 29.4 Å². The van der Waals surface area contributed by atoms with Crippen molar-refractivity contribution in [2.75, 3.05) is 39.8 Å². The number of nitrogens with zero attached hydrogens (tertiary/aromatic N) is 6. The van der Waals surface area contributed by atoms with Crippen LogP contribution in [0.4, 0.5) is 0 Å². The third-order valence-electron chi connectivity index (χ3n) is 7.97. The summed E-state index contributed by atoms with van der Waals surface area (Å²) in [5.41, 5.74) is 4.62. The van der Waals surface area contributed by atoms with E-state index in [0.717, 1.165) is 70.6 Å². The number of imidazole rings is 1. The number of fused-ring (bicyclic) bond motifs is 2. The summed E-state index contributed by atoms with van der Waals surface area (Å²) in [7, 11) is 1.63. The Labute approximate surface area is 258 Å². The van der Waals surface area contributed by atoms with Crippen LogP contribution in [0.3, 0.4) is 0 Å². The van der Waals surface area contributed by atoms with E-state index >= 15 is 0 Å². The largest absolute Gasteiger partial charge is 0.497 e. The third-order valence-corrected chi connectivity index (χ3v) is 8.81. The average Bonchev–Trinajstić information content (AvgIpc) is 3.76. The van der Waals surface area contributed by atoms with Gasteiger partial charge >= 0.3 is 0 Å². The molecule has 0 atom stereocenters. The quantitative estimate of drug-likeness (QED) is 0.209. The van der Waals surface area contributed by atoms with E-state index in [9.17, 15) is 4.79 Å². The number of benzene rings is 2. The van der Waals surface area contributed by atoms with E-state index in [2.05, 4.69) is 26.9 Å². The Hall–Kier alpha value is -4.74. The number of rotatable bonds is 8. The van der Waals surface area contributed by atoms with Gasteiger partial charge < -0.3 is 23.7 Å². The number of carbonyl (C=O) groups is 1. The van der Waals surface area contributed by atoms with Crippen molar-refractivity contribution >= 4 is 33.2 Å². The lowest BCUT2D eigenvalue weighted by Crippen LogP contribution is -2.48. The SMILES string of the molecule is CCN1CCN(C(=O)c2ccc(-c3cccc(OCc4cc(OC)cc5oc(-c6cn7nc(C)sc7n6)cc45)c3)nc2)CC1. The Morgan fingerprint density at radius 2 is 1.89 bits per heavy atom. The molecular formula is C33H32N6O4S. The maximum atomic E-state index is 13.0. The summed E-state index contributed by atoms with van der Waals surface area (Å²) in [6.07, 6.45) is 3.54. The highest BCUT2D eigenvalue weighted by molar-refractivity contribution is 7.16. The molecule has 4 aromatic heterocycles. The molecule has 2 aromatic carbocycles. The Kier molecular flexibility index (Phi) is 7.49. The molecule has 1 fully saturated rings. The van der Waals surface area contributed by atoms with Crippen LogP contribution in [-0.2, 0) is 6.61 Å². The minimum atomic E-state index is 0.0309. The van der Waals surface area contributed by atoms with Gasteiger partial charge in [0.1, 0.15) is 34.4 Å². The second-order valence-electron chi connectivity index (χ2n) is 10.8. The van der Waals surface area contributed by atoms with E-state index in [1.54, 1.807) is 17.8 Å². The maximum Gasteiger partial charge on any atom is 0.255 e. The maximum absolute atomic E-state index is 13.0. The molecule has 224 valence electrons. The molecule has 11 heteroatoms. The summed E-state index contributed by atoms with van der Waals surface area (Å²) < 4.78 is 19.8. The van der Waals surface area contributed by atoms with Gasteiger partial charge in [-0.15, -0.1) is 0 Å². The number of amides is 1. The van der Waals surface area contributed by atoms with Crippen molar-refractivity contribution in [2.24, 2.45) is 0 Å². The van der Waals surface area contributed by atoms with Crippen LogP contribution in [0.2, 0.25) is 0 Å². The molecule has 0 bridgehead atoms. The van der Waals surface area contributed by atoms with Crippen LogP contribution < -0.4 is 9.47 Å². The van der Waals surface area contributed by atoms with Crippen LogP contribution in [0.15, 0.2) is 71.4 Å². The molecule has 7 rings (SSSR count). The van der Waals surface area contributed by atoms with Gasteiger partial charge in [-0.25, -0.2) is 9.50 Å². The van der Waals surface area contributed by atoms with Gasteiger partial charge in [0.2, 0.25) is 4.96 Å². The molecular weight excluding hydrogens is 576 g/mol. The number of methoxy groups -OCH3 is 1. The van der Waals surface area contributed by atoms with Crippen molar-refractivity contribution < 1.29 is 18.7 Å². The Morgan fingerprint density at radius 1 is 1.02 bits per heavy atom. The number of pyridine rings is 1. The van der Waals surface area contributed by atoms with Gasteiger partial charge in [-0.05, 0) is 49.9 Å². The molecule has 44 heavy (non-hydrogen) atoms. The summed E-state index contributed by atoms with van der Waals surface area (Å²) in [6, 6.07) is 17.4. The first kappa shape index (κ1) is 28.1. The zero-order valence-corrected chi connectivity index (χ0v) is 25.6. The summed E-state index contributed by atoms with van der Waals surface area (Å²) in [6.45, 7) is 8.73. The Morgan fingerprint density at radius 3 is 2.64 bits per heavy atom. The van der Waals surface area contributed by atoms with Crippen molar-refractivity contribution in [2.45, 2.75) is 20.5 Å². The molecule has 0 spiro atoms. The Bertz CT molecular complexity index is 1920. The standard InChI is InChI=1S/C33H32N6O4S/c1-4-37-10-12-38(13-11-37)32(40)23-8-9-28(34-18-23)22-6-5-7-25(14-22)42-20-24-15-26(41-3)16-30-27(24)17-31(43-30)29-19-39-33(35-29)44-21(2)36-39/h5-9,14-19H,4,10-13,20H2,1-3H3. The molecule has 10 nitrogen and oxygen atoms in total. The predicted octanol–water partition coefficient (Wildman–Crippen LogP) is 5.94. The summed E-state index contributed by atoms with van der Waals surface area (Å²) in [4.78, 5) is 27.4. The minimum Gasteiger partial charge on any atom is -0.497 e. The molecule has 0 saturated carbocycles. The molecule has 1 aliphatic heterocycles. The topological polar surface area (TPSA) is 98.2 Å². The number of aryl methyl sites for hydroxylation is 1. The van der Waals surface area contributed by atoms with Crippen LogP contribution in [0.25, 0.3) is 38.6 Å². The van der Waals surface area contributed by atoms with Crippen molar-refractivity contribution in [3.63, 3.8) is 0 Å². The zero-order chi connectivity index (χ0) is 30.2. The predicted molar refractivity (Wildman–Crippen MR) is 169 cm³/mol. The lowest BCUT2D eigenvalue weighted by Gasteiger charge is -2.34. The Balaban J connectivity index is 1.08. The number of ether oxygens (including phenoxy) is 2. The summed E-state index contributed by atoms with van der Waals surface area (Å²) >= 11 is 1.53. The number of hydrogen-bond donors (Lipinski definition) is 0. The van der Waals surface area contributed by atoms with Crippen molar-refractivity contribution in [1.29, 1.82) is 0 Å². The third kappa shape index (κ3) is 5.51. The number of aromatic nitrogens is 4. The lowest BCUT2D eigenvalue weighted by molar-refractivity contribution is 0.0643. The number of furan rings is 1. The van der Waals surface area contributed by atoms with Crippen LogP contribution in [0.5, 0.6) is 11.5 Å². The minimum absolute atomic E-state index is 0.0309. The first-order valence-corrected chi connectivity index (χ1v) is 15.4. The highest BCUT2D eigenvalue weighted by atomic mass is 32.1. The lowest BCUT2D eigenvalue weighted by atomic mass is 10.1. The molecule has 1 saturated heterocycles. The first-order valence-electron chi connectivity index (χ1n) is 14.6. The normalized spacial score (nSPS) is 14.0. The van der Waals surface area contributed by atoms with E-state index in [-0.39, 0.29) is 5.91 Å². The molecule has 0 radical (unpaired) electrons.